The van der Waals surface area contributed by atoms with E-state index in [2.05, 4.69) is 40.7 Å². The molecule has 107 heavy (non-hydrogen) atoms. The van der Waals surface area contributed by atoms with E-state index in [1.165, 1.54) is 13.8 Å². The number of rotatable bonds is 19. The largest absolute Gasteiger partial charge is 0.479 e. The number of carboxylic acid groups (broad SMARTS) is 1. The van der Waals surface area contributed by atoms with Gasteiger partial charge in [0.2, 0.25) is 6.29 Å². The summed E-state index contributed by atoms with van der Waals surface area (Å²) in [6.45, 7) is 12.0. The van der Waals surface area contributed by atoms with Crippen molar-refractivity contribution in [1.82, 2.24) is 0 Å². The van der Waals surface area contributed by atoms with Gasteiger partial charge in [-0.1, -0.05) is 53.2 Å². The van der Waals surface area contributed by atoms with Gasteiger partial charge in [-0.3, -0.25) is 9.59 Å². The number of hydrogen-bond acceptors (Lipinski definition) is 35. The van der Waals surface area contributed by atoms with E-state index in [9.17, 15) is 106 Å². The third-order valence-corrected chi connectivity index (χ3v) is 27.0. The smallest absolute Gasteiger partial charge is 0.335 e. The molecule has 0 aromatic rings. The van der Waals surface area contributed by atoms with Crippen molar-refractivity contribution in [2.75, 3.05) is 33.0 Å². The number of aliphatic carboxylic acids is 1. The van der Waals surface area contributed by atoms with Crippen molar-refractivity contribution in [3.63, 3.8) is 0 Å². The first-order chi connectivity index (χ1) is 50.3. The lowest BCUT2D eigenvalue weighted by Gasteiger charge is -2.71. The van der Waals surface area contributed by atoms with Crippen LogP contribution < -0.4 is 0 Å². The molecule has 12 rings (SSSR count). The van der Waals surface area contributed by atoms with Crippen LogP contribution in [0.3, 0.4) is 0 Å². The molecule has 11 fully saturated rings. The Hall–Kier alpha value is -3.18. The Balaban J connectivity index is 0.809. The highest BCUT2D eigenvalue weighted by Crippen LogP contribution is 2.76. The van der Waals surface area contributed by atoms with Gasteiger partial charge in [0.25, 0.3) is 0 Å². The van der Waals surface area contributed by atoms with Gasteiger partial charge < -0.3 is 163 Å². The minimum atomic E-state index is -2.21. The summed E-state index contributed by atoms with van der Waals surface area (Å²) in [6.07, 6.45) is -51.0. The Morgan fingerprint density at radius 1 is 0.505 bits per heavy atom. The zero-order valence-electron chi connectivity index (χ0n) is 60.9. The third kappa shape index (κ3) is 14.6. The number of allylic oxidation sites excluding steroid dienone is 2. The number of hydrogen-bond donors (Lipinski definition) is 18. The number of esters is 1. The monoisotopic (exact) mass is 1540 g/mol. The van der Waals surface area contributed by atoms with Crippen LogP contribution in [0.2, 0.25) is 0 Å². The number of carboxylic acids is 1. The number of aliphatic hydroxyl groups is 17. The molecule has 32 unspecified atom stereocenters. The first-order valence-corrected chi connectivity index (χ1v) is 37.2. The molecule has 41 atom stereocenters. The maximum Gasteiger partial charge on any atom is 0.335 e. The minimum absolute atomic E-state index is 0.130. The van der Waals surface area contributed by atoms with E-state index >= 15 is 4.79 Å². The molecule has 7 aliphatic heterocycles. The van der Waals surface area contributed by atoms with Crippen molar-refractivity contribution in [3.05, 3.63) is 11.6 Å². The standard InChI is InChI=1S/C71H110O36/c1-26(75)28-22-94-63(55(38(28)78)105-62-50(90)53(103-60-47(87)43(83)41(81)33(20-72)98-60)51(27(2)97-62)101-58-45(85)39(79)31(76)23-95-58)107-65(93)71-17-15-66(3,4)19-30(71)29-9-10-36-67(5)13-12-37(68(6,25-74)35(67)11-14-70(36,8)69(29,7)16-18-71)100-64-56(106-61-48(88)44(84)42(82)34(21-73)99-61)52(49(89)54(104-64)57(91)92)102-59-46(86)40(80)32(77)24-96-59/h9,25,27-28,30-56,58-64,72-73,76-90H,10-24H2,1-8H3,(H,91,92)/t27?,28?,30-,31?,32?,33?,34?,35+,36+,37-,38?,39?,40?,41?,42?,43?,44?,45?,46?,47?,48?,49?,50?,51?,52?,53?,54?,55?,56?,58?,59?,60?,61?,62?,63?,64?,67-,68-,69+,70+,71-/m0/s1. The number of aldehydes is 1. The highest BCUT2D eigenvalue weighted by Gasteiger charge is 2.72. The Kier molecular flexibility index (Phi) is 24.5. The van der Waals surface area contributed by atoms with Crippen molar-refractivity contribution in [1.29, 1.82) is 0 Å². The Morgan fingerprint density at radius 2 is 1.02 bits per heavy atom. The molecule has 0 bridgehead atoms. The van der Waals surface area contributed by atoms with Gasteiger partial charge >= 0.3 is 11.9 Å². The maximum atomic E-state index is 15.9. The lowest BCUT2D eigenvalue weighted by atomic mass is 9.33. The van der Waals surface area contributed by atoms with E-state index in [1.54, 1.807) is 6.92 Å². The van der Waals surface area contributed by atoms with Gasteiger partial charge in [0.15, 0.2) is 43.8 Å². The zero-order valence-corrected chi connectivity index (χ0v) is 60.9. The first kappa shape index (κ1) is 83.3. The summed E-state index contributed by atoms with van der Waals surface area (Å²) in [5, 5.41) is 196. The third-order valence-electron chi connectivity index (χ3n) is 27.0. The second kappa shape index (κ2) is 31.5. The van der Waals surface area contributed by atoms with E-state index in [4.69, 9.17) is 66.3 Å². The molecule has 0 radical (unpaired) electrons. The van der Waals surface area contributed by atoms with Crippen LogP contribution in [0.1, 0.15) is 120 Å². The minimum Gasteiger partial charge on any atom is -0.479 e. The van der Waals surface area contributed by atoms with Crippen molar-refractivity contribution >= 4 is 24.0 Å². The van der Waals surface area contributed by atoms with Crippen LogP contribution in [-0.4, -0.2) is 346 Å². The van der Waals surface area contributed by atoms with Crippen LogP contribution in [-0.2, 0) is 85.5 Å². The summed E-state index contributed by atoms with van der Waals surface area (Å²) in [6, 6.07) is 0. The van der Waals surface area contributed by atoms with E-state index in [-0.39, 0.29) is 17.8 Å². The Labute approximate surface area is 616 Å². The lowest BCUT2D eigenvalue weighted by Crippen LogP contribution is -2.68. The van der Waals surface area contributed by atoms with Crippen molar-refractivity contribution in [2.45, 2.75) is 316 Å². The molecular formula is C71H110O36. The molecular weight excluding hydrogens is 1430 g/mol. The SMILES string of the molecule is CC(=O)C1COC(OC(=O)[C@]23CCC(C)(C)C[C@H]2C2=CC[C@@H]4[C@@]5(C)CC[C@H](OC6OC(C(=O)O)C(O)C(OC7OCC(O)C(O)C7O)C6OC6OC(CO)C(O)C(O)C6O)[C@@](C)(C=O)[C@@H]5CC[C@@]4(C)[C@]2(C)CC3)C(OC2OC(C)C(OC3OCC(O)C(O)C3O)C(OC3OC(CO)C(O)C(O)C3O)C2O)C1O. The number of Topliss-reactive ketones (excluding diaryl/α,β-unsaturated/α-hetero) is 1. The topological polar surface area (TPSA) is 562 Å². The zero-order chi connectivity index (χ0) is 78.0. The molecule has 5 aliphatic carbocycles. The van der Waals surface area contributed by atoms with Gasteiger partial charge in [0.1, 0.15) is 140 Å². The molecule has 0 aromatic carbocycles. The number of carbonyl (C=O) groups is 4. The van der Waals surface area contributed by atoms with Gasteiger partial charge in [-0.15, -0.1) is 0 Å². The molecule has 18 N–H and O–H groups in total. The van der Waals surface area contributed by atoms with Crippen LogP contribution >= 0.6 is 0 Å². The molecule has 7 heterocycles. The Bertz CT molecular complexity index is 3160. The van der Waals surface area contributed by atoms with Gasteiger partial charge in [-0.05, 0) is 117 Å². The van der Waals surface area contributed by atoms with Crippen LogP contribution in [0.4, 0.5) is 0 Å². The fourth-order valence-electron chi connectivity index (χ4n) is 20.3. The normalized spacial score (nSPS) is 53.5. The van der Waals surface area contributed by atoms with Crippen molar-refractivity contribution < 1.29 is 177 Å². The molecule has 0 aromatic heterocycles. The molecule has 0 amide bonds. The van der Waals surface area contributed by atoms with E-state index in [1.807, 2.05) is 0 Å². The number of fused-ring (bicyclic) bond motifs is 7. The average molecular weight is 1540 g/mol. The second-order valence-electron chi connectivity index (χ2n) is 33.7. The fraction of sp³-hybridized carbons (Fsp3) is 0.915. The molecule has 610 valence electrons. The van der Waals surface area contributed by atoms with Crippen LogP contribution in [0, 0.1) is 56.2 Å². The lowest BCUT2D eigenvalue weighted by molar-refractivity contribution is -0.391. The molecule has 12 aliphatic rings. The van der Waals surface area contributed by atoms with E-state index < -0.39 is 292 Å². The van der Waals surface area contributed by atoms with Crippen molar-refractivity contribution in [2.24, 2.45) is 56.2 Å². The summed E-state index contributed by atoms with van der Waals surface area (Å²) < 4.78 is 85.1. The summed E-state index contributed by atoms with van der Waals surface area (Å²) in [7, 11) is 0. The molecule has 36 heteroatoms. The molecule has 0 spiro atoms. The van der Waals surface area contributed by atoms with Gasteiger partial charge in [-0.25, -0.2) is 4.79 Å². The fourth-order valence-corrected chi connectivity index (χ4v) is 20.3. The molecule has 7 saturated heterocycles. The number of ether oxygens (including phenoxy) is 14. The van der Waals surface area contributed by atoms with Crippen LogP contribution in [0.25, 0.3) is 0 Å². The number of carbonyl (C=O) groups excluding carboxylic acids is 3. The predicted molar refractivity (Wildman–Crippen MR) is 350 cm³/mol. The summed E-state index contributed by atoms with van der Waals surface area (Å²) in [4.78, 5) is 56.4. The Morgan fingerprint density at radius 3 is 1.58 bits per heavy atom. The predicted octanol–water partition coefficient (Wildman–Crippen LogP) is -5.50. The first-order valence-electron chi connectivity index (χ1n) is 37.2. The quantitative estimate of drug-likeness (QED) is 0.0248. The van der Waals surface area contributed by atoms with Crippen LogP contribution in [0.5, 0.6) is 0 Å². The highest BCUT2D eigenvalue weighted by molar-refractivity contribution is 5.80. The molecule has 4 saturated carbocycles. The highest BCUT2D eigenvalue weighted by atomic mass is 16.8. The maximum absolute atomic E-state index is 15.9. The average Bonchev–Trinajstić information content (AvgIpc) is 0.674. The van der Waals surface area contributed by atoms with E-state index in [0.29, 0.717) is 57.8 Å². The summed E-state index contributed by atoms with van der Waals surface area (Å²) in [5.41, 5.74) is -3.65. The van der Waals surface area contributed by atoms with Gasteiger partial charge in [0, 0.05) is 0 Å². The van der Waals surface area contributed by atoms with Gasteiger partial charge in [-0.2, -0.15) is 0 Å². The second-order valence-corrected chi connectivity index (χ2v) is 33.7. The molecule has 36 nitrogen and oxygen atoms in total. The van der Waals surface area contributed by atoms with Crippen LogP contribution in [0.15, 0.2) is 11.6 Å². The van der Waals surface area contributed by atoms with Crippen molar-refractivity contribution in [3.8, 4) is 0 Å². The number of ketones is 1. The summed E-state index contributed by atoms with van der Waals surface area (Å²) >= 11 is 0. The number of aliphatic hydroxyl groups excluding tert-OH is 17. The summed E-state index contributed by atoms with van der Waals surface area (Å²) in [5.74, 6) is -5.25. The van der Waals surface area contributed by atoms with Gasteiger partial charge in [0.05, 0.1) is 68.1 Å². The van der Waals surface area contributed by atoms with E-state index in [0.717, 1.165) is 11.9 Å².